The molecule has 6 atom stereocenters. The van der Waals surface area contributed by atoms with Crippen LogP contribution in [0, 0.1) is 11.8 Å². The third kappa shape index (κ3) is 54.0. The normalized spacial score (nSPS) is 14.7. The Morgan fingerprint density at radius 3 is 0.950 bits per heavy atom. The number of rotatable bonds is 60. The second-order valence-corrected chi connectivity index (χ2v) is 25.7. The van der Waals surface area contributed by atoms with Crippen molar-refractivity contribution in [2.75, 3.05) is 39.6 Å². The monoisotopic (exact) mass is 1180 g/mol. The van der Waals surface area contributed by atoms with Crippen LogP contribution in [-0.2, 0) is 65.4 Å². The summed E-state index contributed by atoms with van der Waals surface area (Å²) >= 11 is 0. The Morgan fingerprint density at radius 2 is 0.637 bits per heavy atom. The molecule has 0 bridgehead atoms. The third-order valence-corrected chi connectivity index (χ3v) is 16.2. The van der Waals surface area contributed by atoms with Gasteiger partial charge in [0.25, 0.3) is 0 Å². The largest absolute Gasteiger partial charge is 0.472 e. The smallest absolute Gasteiger partial charge is 0.462 e. The first-order valence-electron chi connectivity index (χ1n) is 32.0. The minimum Gasteiger partial charge on any atom is -0.462 e. The Bertz CT molecular complexity index is 1580. The molecule has 0 fully saturated rings. The number of phosphoric acid groups is 2. The van der Waals surface area contributed by atoms with Crippen LogP contribution in [0.5, 0.6) is 0 Å². The maximum absolute atomic E-state index is 12.9. The van der Waals surface area contributed by atoms with E-state index in [0.29, 0.717) is 25.7 Å². The molecule has 17 nitrogen and oxygen atoms in total. The lowest BCUT2D eigenvalue weighted by Crippen LogP contribution is -2.30. The Kier molecular flexibility index (Phi) is 52.5. The van der Waals surface area contributed by atoms with Gasteiger partial charge < -0.3 is 33.8 Å². The molecular formula is C61H118O17P2. The van der Waals surface area contributed by atoms with E-state index in [0.717, 1.165) is 127 Å². The fourth-order valence-corrected chi connectivity index (χ4v) is 10.5. The number of hydrogen-bond donors (Lipinski definition) is 3. The van der Waals surface area contributed by atoms with Crippen molar-refractivity contribution in [3.8, 4) is 0 Å². The molecule has 0 aliphatic heterocycles. The van der Waals surface area contributed by atoms with E-state index in [2.05, 4.69) is 41.5 Å². The zero-order chi connectivity index (χ0) is 59.4. The summed E-state index contributed by atoms with van der Waals surface area (Å²) in [4.78, 5) is 71.8. The van der Waals surface area contributed by atoms with E-state index in [1.807, 2.05) is 0 Å². The molecule has 0 spiro atoms. The molecule has 0 amide bonds. The summed E-state index contributed by atoms with van der Waals surface area (Å²) in [6.45, 7) is 9.39. The Morgan fingerprint density at radius 1 is 0.362 bits per heavy atom. The number of esters is 4. The minimum absolute atomic E-state index is 0.103. The summed E-state index contributed by atoms with van der Waals surface area (Å²) in [6.07, 6.45) is 35.0. The van der Waals surface area contributed by atoms with Crippen molar-refractivity contribution < 1.29 is 80.2 Å². The van der Waals surface area contributed by atoms with Gasteiger partial charge in [-0.2, -0.15) is 0 Å². The molecule has 474 valence electrons. The van der Waals surface area contributed by atoms with Crippen molar-refractivity contribution >= 4 is 39.5 Å². The predicted octanol–water partition coefficient (Wildman–Crippen LogP) is 16.5. The first-order chi connectivity index (χ1) is 38.4. The predicted molar refractivity (Wildman–Crippen MR) is 317 cm³/mol. The van der Waals surface area contributed by atoms with Gasteiger partial charge in [-0.15, -0.1) is 0 Å². The van der Waals surface area contributed by atoms with Gasteiger partial charge in [0.15, 0.2) is 12.2 Å². The number of aliphatic hydroxyl groups excluding tert-OH is 1. The summed E-state index contributed by atoms with van der Waals surface area (Å²) in [7, 11) is -9.87. The molecule has 0 heterocycles. The molecule has 0 rings (SSSR count). The summed E-state index contributed by atoms with van der Waals surface area (Å²) in [5.41, 5.74) is 0. The number of phosphoric ester groups is 2. The summed E-state index contributed by atoms with van der Waals surface area (Å²) in [5, 5.41) is 10.5. The Labute approximate surface area is 486 Å². The molecule has 0 aromatic rings. The van der Waals surface area contributed by atoms with Gasteiger partial charge in [0.05, 0.1) is 26.4 Å². The number of hydrogen-bond acceptors (Lipinski definition) is 15. The third-order valence-electron chi connectivity index (χ3n) is 14.3. The molecule has 3 N–H and O–H groups in total. The van der Waals surface area contributed by atoms with Crippen LogP contribution in [-0.4, -0.2) is 96.7 Å². The van der Waals surface area contributed by atoms with E-state index in [4.69, 9.17) is 37.0 Å². The van der Waals surface area contributed by atoms with Gasteiger partial charge >= 0.3 is 39.5 Å². The van der Waals surface area contributed by atoms with E-state index in [1.54, 1.807) is 0 Å². The highest BCUT2D eigenvalue weighted by molar-refractivity contribution is 7.47. The molecule has 80 heavy (non-hydrogen) atoms. The van der Waals surface area contributed by atoms with E-state index in [1.165, 1.54) is 89.9 Å². The fraction of sp³-hybridized carbons (Fsp3) is 0.934. The van der Waals surface area contributed by atoms with Crippen molar-refractivity contribution in [1.29, 1.82) is 0 Å². The van der Waals surface area contributed by atoms with E-state index >= 15 is 0 Å². The van der Waals surface area contributed by atoms with Crippen LogP contribution in [0.25, 0.3) is 0 Å². The summed E-state index contributed by atoms with van der Waals surface area (Å²) in [5.74, 6) is -0.600. The van der Waals surface area contributed by atoms with Gasteiger partial charge in [-0.25, -0.2) is 9.13 Å². The molecule has 0 radical (unpaired) electrons. The zero-order valence-electron chi connectivity index (χ0n) is 51.4. The maximum atomic E-state index is 12.9. The van der Waals surface area contributed by atoms with Gasteiger partial charge in [-0.1, -0.05) is 247 Å². The summed E-state index contributed by atoms with van der Waals surface area (Å²) < 4.78 is 67.7. The van der Waals surface area contributed by atoms with Crippen LogP contribution in [0.1, 0.15) is 298 Å². The van der Waals surface area contributed by atoms with Crippen LogP contribution in [0.4, 0.5) is 0 Å². The van der Waals surface area contributed by atoms with Crippen molar-refractivity contribution in [1.82, 2.24) is 0 Å². The molecule has 19 heteroatoms. The Balaban J connectivity index is 5.20. The molecule has 0 aromatic carbocycles. The van der Waals surface area contributed by atoms with Crippen LogP contribution in [0.15, 0.2) is 0 Å². The fourth-order valence-electron chi connectivity index (χ4n) is 8.97. The second kappa shape index (κ2) is 53.8. The molecule has 0 saturated carbocycles. The SMILES string of the molecule is CCCCCCCCCC(=O)OC[C@H](COP(=O)(O)OC[C@H](O)COP(=O)(O)OC[C@@H](COC(=O)CCCCCCCCCCCC(C)C)OC(=O)CCCCCCCCCCCCC(C)CC)OC(=O)CCCCCCCCC. The maximum Gasteiger partial charge on any atom is 0.472 e. The molecule has 0 aliphatic carbocycles. The molecule has 0 aliphatic rings. The Hall–Kier alpha value is -1.94. The van der Waals surface area contributed by atoms with Crippen molar-refractivity contribution in [3.63, 3.8) is 0 Å². The topological polar surface area (TPSA) is 237 Å². The lowest BCUT2D eigenvalue weighted by atomic mass is 9.99. The standard InChI is InChI=1S/C61H118O17P2/c1-7-10-12-14-23-31-37-43-58(63)71-49-56(77-60(65)45-39-33-24-15-13-11-8-2)51-75-79(67,68)73-47-55(62)48-74-80(69,70)76-52-57(50-72-59(64)44-38-32-27-22-18-19-25-29-35-41-53(4)5)78-61(66)46-40-34-28-21-17-16-20-26-30-36-42-54(6)9-3/h53-57,62H,7-52H2,1-6H3,(H,67,68)(H,69,70)/t54?,55-,56+,57+/m0/s1. The van der Waals surface area contributed by atoms with E-state index in [-0.39, 0.29) is 25.7 Å². The molecule has 0 saturated heterocycles. The van der Waals surface area contributed by atoms with Crippen molar-refractivity contribution in [2.45, 2.75) is 317 Å². The van der Waals surface area contributed by atoms with Crippen LogP contribution in [0.2, 0.25) is 0 Å². The van der Waals surface area contributed by atoms with Gasteiger partial charge in [0.2, 0.25) is 0 Å². The average molecular weight is 1190 g/mol. The first-order valence-corrected chi connectivity index (χ1v) is 35.0. The van der Waals surface area contributed by atoms with Gasteiger partial charge in [0, 0.05) is 25.7 Å². The van der Waals surface area contributed by atoms with Crippen molar-refractivity contribution in [3.05, 3.63) is 0 Å². The quantitative estimate of drug-likeness (QED) is 0.0222. The van der Waals surface area contributed by atoms with E-state index in [9.17, 15) is 43.2 Å². The zero-order valence-corrected chi connectivity index (χ0v) is 53.2. The second-order valence-electron chi connectivity index (χ2n) is 22.8. The van der Waals surface area contributed by atoms with Gasteiger partial charge in [0.1, 0.15) is 19.3 Å². The molecular weight excluding hydrogens is 1070 g/mol. The highest BCUT2D eigenvalue weighted by atomic mass is 31.2. The average Bonchev–Trinajstić information content (AvgIpc) is 3.42. The highest BCUT2D eigenvalue weighted by Crippen LogP contribution is 2.45. The lowest BCUT2D eigenvalue weighted by Gasteiger charge is -2.21. The van der Waals surface area contributed by atoms with Crippen LogP contribution >= 0.6 is 15.6 Å². The summed E-state index contributed by atoms with van der Waals surface area (Å²) in [6, 6.07) is 0. The number of ether oxygens (including phenoxy) is 4. The number of aliphatic hydroxyl groups is 1. The van der Waals surface area contributed by atoms with Crippen molar-refractivity contribution in [2.24, 2.45) is 11.8 Å². The lowest BCUT2D eigenvalue weighted by molar-refractivity contribution is -0.161. The molecule has 0 aromatic heterocycles. The number of carbonyl (C=O) groups excluding carboxylic acids is 4. The van der Waals surface area contributed by atoms with Gasteiger partial charge in [-0.3, -0.25) is 37.3 Å². The van der Waals surface area contributed by atoms with E-state index < -0.39 is 97.5 Å². The van der Waals surface area contributed by atoms with Crippen LogP contribution in [0.3, 0.4) is 0 Å². The number of unbranched alkanes of at least 4 members (excludes halogenated alkanes) is 29. The first kappa shape index (κ1) is 78.1. The van der Waals surface area contributed by atoms with Crippen LogP contribution < -0.4 is 0 Å². The number of carbonyl (C=O) groups is 4. The molecule has 3 unspecified atom stereocenters. The van der Waals surface area contributed by atoms with Gasteiger partial charge in [-0.05, 0) is 37.5 Å². The highest BCUT2D eigenvalue weighted by Gasteiger charge is 2.30. The minimum atomic E-state index is -4.94.